The SMILES string of the molecule is O=CC1c2ccccc2S(=O)(=O)c2ccccc21. The van der Waals surface area contributed by atoms with Crippen molar-refractivity contribution in [1.29, 1.82) is 0 Å². The first kappa shape index (κ1) is 11.2. The molecular weight excluding hydrogens is 248 g/mol. The number of hydrogen-bond donors (Lipinski definition) is 0. The van der Waals surface area contributed by atoms with E-state index in [2.05, 4.69) is 0 Å². The zero-order chi connectivity index (χ0) is 12.8. The van der Waals surface area contributed by atoms with E-state index in [4.69, 9.17) is 0 Å². The van der Waals surface area contributed by atoms with E-state index < -0.39 is 15.8 Å². The molecule has 3 rings (SSSR count). The number of rotatable bonds is 1. The van der Waals surface area contributed by atoms with Crippen molar-refractivity contribution in [2.45, 2.75) is 15.7 Å². The highest BCUT2D eigenvalue weighted by molar-refractivity contribution is 7.91. The molecule has 0 amide bonds. The average Bonchev–Trinajstić information content (AvgIpc) is 2.40. The van der Waals surface area contributed by atoms with Gasteiger partial charge in [-0.2, -0.15) is 0 Å². The molecule has 0 bridgehead atoms. The molecule has 1 aliphatic rings. The topological polar surface area (TPSA) is 51.2 Å². The van der Waals surface area contributed by atoms with Crippen molar-refractivity contribution in [3.63, 3.8) is 0 Å². The zero-order valence-corrected chi connectivity index (χ0v) is 10.2. The fraction of sp³-hybridized carbons (Fsp3) is 0.0714. The number of carbonyl (C=O) groups is 1. The van der Waals surface area contributed by atoms with Crippen molar-refractivity contribution < 1.29 is 13.2 Å². The van der Waals surface area contributed by atoms with Crippen molar-refractivity contribution >= 4 is 16.1 Å². The van der Waals surface area contributed by atoms with Crippen molar-refractivity contribution in [3.05, 3.63) is 59.7 Å². The van der Waals surface area contributed by atoms with E-state index in [-0.39, 0.29) is 9.79 Å². The molecule has 0 N–H and O–H groups in total. The fourth-order valence-corrected chi connectivity index (χ4v) is 4.16. The first-order valence-electron chi connectivity index (χ1n) is 5.54. The Bertz CT molecular complexity index is 679. The van der Waals surface area contributed by atoms with Gasteiger partial charge in [0.15, 0.2) is 0 Å². The van der Waals surface area contributed by atoms with Crippen LogP contribution in [0.1, 0.15) is 17.0 Å². The van der Waals surface area contributed by atoms with Crippen LogP contribution in [0.4, 0.5) is 0 Å². The van der Waals surface area contributed by atoms with E-state index in [0.717, 1.165) is 6.29 Å². The van der Waals surface area contributed by atoms with Gasteiger partial charge in [-0.3, -0.25) is 0 Å². The monoisotopic (exact) mass is 258 g/mol. The van der Waals surface area contributed by atoms with Crippen LogP contribution in [0.15, 0.2) is 58.3 Å². The number of fused-ring (bicyclic) bond motifs is 2. The summed E-state index contributed by atoms with van der Waals surface area (Å²) < 4.78 is 24.9. The molecule has 0 atom stereocenters. The Balaban J connectivity index is 2.44. The van der Waals surface area contributed by atoms with Crippen LogP contribution in [-0.2, 0) is 14.6 Å². The van der Waals surface area contributed by atoms with Crippen molar-refractivity contribution in [1.82, 2.24) is 0 Å². The minimum Gasteiger partial charge on any atom is -0.302 e. The zero-order valence-electron chi connectivity index (χ0n) is 9.41. The van der Waals surface area contributed by atoms with Gasteiger partial charge >= 0.3 is 0 Å². The number of hydrogen-bond acceptors (Lipinski definition) is 3. The highest BCUT2D eigenvalue weighted by atomic mass is 32.2. The van der Waals surface area contributed by atoms with Gasteiger partial charge in [0.2, 0.25) is 9.84 Å². The van der Waals surface area contributed by atoms with Crippen LogP contribution in [-0.4, -0.2) is 14.7 Å². The smallest absolute Gasteiger partial charge is 0.207 e. The standard InChI is InChI=1S/C14H10O3S/c15-9-12-10-5-1-3-7-13(10)18(16,17)14-8-4-2-6-11(12)14/h1-9,12H. The van der Waals surface area contributed by atoms with Crippen LogP contribution in [0.2, 0.25) is 0 Å². The summed E-state index contributed by atoms with van der Waals surface area (Å²) >= 11 is 0. The summed E-state index contributed by atoms with van der Waals surface area (Å²) in [5.74, 6) is -0.499. The van der Waals surface area contributed by atoms with Gasteiger partial charge in [0.1, 0.15) is 6.29 Å². The quantitative estimate of drug-likeness (QED) is 0.736. The fourth-order valence-electron chi connectivity index (χ4n) is 2.40. The summed E-state index contributed by atoms with van der Waals surface area (Å²) in [7, 11) is -3.50. The molecule has 0 aliphatic carbocycles. The third kappa shape index (κ3) is 1.36. The summed E-state index contributed by atoms with van der Waals surface area (Å²) in [5, 5.41) is 0. The predicted octanol–water partition coefficient (Wildman–Crippen LogP) is 2.16. The number of benzene rings is 2. The van der Waals surface area contributed by atoms with Crippen LogP contribution in [0, 0.1) is 0 Å². The third-order valence-corrected chi connectivity index (χ3v) is 5.12. The molecule has 2 aromatic carbocycles. The van der Waals surface area contributed by atoms with Crippen LogP contribution in [0.3, 0.4) is 0 Å². The van der Waals surface area contributed by atoms with Gasteiger partial charge in [-0.05, 0) is 23.3 Å². The maximum atomic E-state index is 12.4. The molecule has 2 aromatic rings. The van der Waals surface area contributed by atoms with Crippen LogP contribution in [0.5, 0.6) is 0 Å². The van der Waals surface area contributed by atoms with Gasteiger partial charge in [0, 0.05) is 0 Å². The molecule has 0 radical (unpaired) electrons. The normalized spacial score (nSPS) is 16.7. The van der Waals surface area contributed by atoms with Crippen LogP contribution < -0.4 is 0 Å². The molecule has 1 aliphatic heterocycles. The number of carbonyl (C=O) groups excluding carboxylic acids is 1. The van der Waals surface area contributed by atoms with Crippen molar-refractivity contribution in [2.75, 3.05) is 0 Å². The Labute approximate surface area is 105 Å². The van der Waals surface area contributed by atoms with Crippen LogP contribution in [0.25, 0.3) is 0 Å². The van der Waals surface area contributed by atoms with E-state index >= 15 is 0 Å². The van der Waals surface area contributed by atoms with Gasteiger partial charge in [0.25, 0.3) is 0 Å². The molecule has 0 aromatic heterocycles. The molecule has 4 heteroatoms. The van der Waals surface area contributed by atoms with Gasteiger partial charge in [-0.1, -0.05) is 36.4 Å². The predicted molar refractivity (Wildman–Crippen MR) is 66.2 cm³/mol. The van der Waals surface area contributed by atoms with Gasteiger partial charge in [0.05, 0.1) is 15.7 Å². The largest absolute Gasteiger partial charge is 0.302 e. The summed E-state index contributed by atoms with van der Waals surface area (Å²) in [6.07, 6.45) is 0.798. The Morgan fingerprint density at radius 3 is 1.72 bits per heavy atom. The minimum absolute atomic E-state index is 0.237. The Hall–Kier alpha value is -1.94. The second-order valence-electron chi connectivity index (χ2n) is 4.19. The number of aldehydes is 1. The molecule has 0 fully saturated rings. The third-order valence-electron chi connectivity index (χ3n) is 3.22. The van der Waals surface area contributed by atoms with E-state index in [9.17, 15) is 13.2 Å². The van der Waals surface area contributed by atoms with Crippen LogP contribution >= 0.6 is 0 Å². The lowest BCUT2D eigenvalue weighted by Crippen LogP contribution is -2.19. The first-order valence-corrected chi connectivity index (χ1v) is 7.03. The molecule has 0 unspecified atom stereocenters. The molecule has 1 heterocycles. The average molecular weight is 258 g/mol. The summed E-state index contributed by atoms with van der Waals surface area (Å²) in [4.78, 5) is 11.8. The summed E-state index contributed by atoms with van der Waals surface area (Å²) in [6, 6.07) is 13.3. The molecule has 0 saturated carbocycles. The minimum atomic E-state index is -3.50. The molecule has 3 nitrogen and oxygen atoms in total. The Morgan fingerprint density at radius 2 is 1.28 bits per heavy atom. The molecular formula is C14H10O3S. The lowest BCUT2D eigenvalue weighted by Gasteiger charge is -2.24. The highest BCUT2D eigenvalue weighted by Crippen LogP contribution is 2.40. The van der Waals surface area contributed by atoms with Crippen molar-refractivity contribution in [3.8, 4) is 0 Å². The van der Waals surface area contributed by atoms with Gasteiger partial charge in [-0.15, -0.1) is 0 Å². The Kier molecular flexibility index (Phi) is 2.35. The second kappa shape index (κ2) is 3.78. The van der Waals surface area contributed by atoms with Crippen molar-refractivity contribution in [2.24, 2.45) is 0 Å². The lowest BCUT2D eigenvalue weighted by atomic mass is 9.92. The lowest BCUT2D eigenvalue weighted by molar-refractivity contribution is -0.108. The molecule has 0 saturated heterocycles. The maximum absolute atomic E-state index is 12.4. The molecule has 18 heavy (non-hydrogen) atoms. The Morgan fingerprint density at radius 1 is 0.833 bits per heavy atom. The van der Waals surface area contributed by atoms with E-state index in [1.807, 2.05) is 0 Å². The summed E-state index contributed by atoms with van der Waals surface area (Å²) in [6.45, 7) is 0. The van der Waals surface area contributed by atoms with E-state index in [1.165, 1.54) is 0 Å². The van der Waals surface area contributed by atoms with Gasteiger partial charge in [-0.25, -0.2) is 8.42 Å². The maximum Gasteiger partial charge on any atom is 0.207 e. The van der Waals surface area contributed by atoms with E-state index in [0.29, 0.717) is 11.1 Å². The molecule has 0 spiro atoms. The van der Waals surface area contributed by atoms with Gasteiger partial charge < -0.3 is 4.79 Å². The molecule has 90 valence electrons. The second-order valence-corrected chi connectivity index (χ2v) is 6.08. The first-order chi connectivity index (χ1) is 8.66. The van der Waals surface area contributed by atoms with E-state index in [1.54, 1.807) is 48.5 Å². The highest BCUT2D eigenvalue weighted by Gasteiger charge is 2.34. The number of sulfone groups is 1. The summed E-state index contributed by atoms with van der Waals surface area (Å²) in [5.41, 5.74) is 1.12.